The Morgan fingerprint density at radius 1 is 1.37 bits per heavy atom. The van der Waals surface area contributed by atoms with E-state index >= 15 is 0 Å². The van der Waals surface area contributed by atoms with Gasteiger partial charge in [-0.2, -0.15) is 0 Å². The van der Waals surface area contributed by atoms with Crippen LogP contribution in [0.4, 0.5) is 5.69 Å². The van der Waals surface area contributed by atoms with Crippen LogP contribution < -0.4 is 4.90 Å². The maximum absolute atomic E-state index is 12.9. The van der Waals surface area contributed by atoms with Crippen molar-refractivity contribution >= 4 is 27.6 Å². The smallest absolute Gasteiger partial charge is 0.326 e. The first kappa shape index (κ1) is 22.0. The molecule has 0 unspecified atom stereocenters. The topological polar surface area (TPSA) is 29.5 Å². The van der Waals surface area contributed by atoms with Crippen molar-refractivity contribution in [2.24, 2.45) is 17.8 Å². The molecule has 1 fully saturated rings. The number of hydrogen-bond donors (Lipinski definition) is 0. The van der Waals surface area contributed by atoms with Crippen molar-refractivity contribution < 1.29 is 9.53 Å². The first-order valence-electron chi connectivity index (χ1n) is 10.1. The van der Waals surface area contributed by atoms with Gasteiger partial charge >= 0.3 is 5.97 Å². The van der Waals surface area contributed by atoms with E-state index in [1.807, 2.05) is 17.0 Å². The number of hydrogen-bond acceptors (Lipinski definition) is 3. The molecule has 0 amide bonds. The van der Waals surface area contributed by atoms with Crippen molar-refractivity contribution in [2.75, 3.05) is 11.4 Å². The molecule has 1 aliphatic carbocycles. The summed E-state index contributed by atoms with van der Waals surface area (Å²) in [4.78, 5) is 14.9. The quantitative estimate of drug-likeness (QED) is 0.458. The molecular formula is C23H34BrNO2. The van der Waals surface area contributed by atoms with E-state index in [-0.39, 0.29) is 18.6 Å². The number of aryl methyl sites for hydroxylation is 1. The van der Waals surface area contributed by atoms with Crippen LogP contribution in [0.5, 0.6) is 0 Å². The number of rotatable bonds is 7. The van der Waals surface area contributed by atoms with Gasteiger partial charge in [-0.05, 0) is 67.7 Å². The summed E-state index contributed by atoms with van der Waals surface area (Å²) in [6.07, 6.45) is 4.17. The number of halogens is 1. The second kappa shape index (κ2) is 9.77. The van der Waals surface area contributed by atoms with Crippen LogP contribution in [-0.2, 0) is 9.53 Å². The van der Waals surface area contributed by atoms with Crippen molar-refractivity contribution in [3.63, 3.8) is 0 Å². The standard InChI is InChI=1S/C23H34BrNO2/c1-7-18(6)25(21-11-9-19(24)13-17(21)5)14-23(26)27-22-12-16(4)8-10-20(22)15(2)3/h9,11,13,15-16,20,22H,6-8,10,12,14H2,1-5H3/t16-,20+,22-/m1/s1. The zero-order chi connectivity index (χ0) is 20.1. The van der Waals surface area contributed by atoms with E-state index < -0.39 is 0 Å². The van der Waals surface area contributed by atoms with Gasteiger partial charge in [0.25, 0.3) is 0 Å². The molecule has 0 heterocycles. The number of anilines is 1. The largest absolute Gasteiger partial charge is 0.461 e. The molecule has 2 rings (SSSR count). The zero-order valence-corrected chi connectivity index (χ0v) is 19.0. The number of esters is 1. The third-order valence-corrected chi connectivity index (χ3v) is 6.26. The van der Waals surface area contributed by atoms with Crippen molar-refractivity contribution in [3.05, 3.63) is 40.5 Å². The molecule has 0 aromatic heterocycles. The Morgan fingerprint density at radius 2 is 2.07 bits per heavy atom. The van der Waals surface area contributed by atoms with E-state index in [2.05, 4.69) is 63.2 Å². The average molecular weight is 436 g/mol. The van der Waals surface area contributed by atoms with E-state index in [4.69, 9.17) is 4.74 Å². The van der Waals surface area contributed by atoms with E-state index in [0.717, 1.165) is 40.7 Å². The Balaban J connectivity index is 2.14. The van der Waals surface area contributed by atoms with Crippen molar-refractivity contribution in [2.45, 2.75) is 66.4 Å². The molecule has 27 heavy (non-hydrogen) atoms. The molecule has 0 aliphatic heterocycles. The Kier molecular flexibility index (Phi) is 7.96. The van der Waals surface area contributed by atoms with Gasteiger partial charge in [0.05, 0.1) is 0 Å². The summed E-state index contributed by atoms with van der Waals surface area (Å²) in [6.45, 7) is 15.2. The zero-order valence-electron chi connectivity index (χ0n) is 17.4. The highest BCUT2D eigenvalue weighted by atomic mass is 79.9. The average Bonchev–Trinajstić information content (AvgIpc) is 2.59. The van der Waals surface area contributed by atoms with Crippen molar-refractivity contribution in [1.82, 2.24) is 0 Å². The monoisotopic (exact) mass is 435 g/mol. The van der Waals surface area contributed by atoms with Gasteiger partial charge in [0.2, 0.25) is 0 Å². The first-order valence-corrected chi connectivity index (χ1v) is 10.9. The maximum Gasteiger partial charge on any atom is 0.326 e. The van der Waals surface area contributed by atoms with Gasteiger partial charge in [-0.1, -0.05) is 56.6 Å². The molecule has 0 saturated heterocycles. The van der Waals surface area contributed by atoms with E-state index in [1.54, 1.807) is 0 Å². The third kappa shape index (κ3) is 5.84. The van der Waals surface area contributed by atoms with Gasteiger partial charge in [0.15, 0.2) is 0 Å². The molecule has 0 N–H and O–H groups in total. The normalized spacial score (nSPS) is 22.6. The van der Waals surface area contributed by atoms with Crippen LogP contribution in [0.2, 0.25) is 0 Å². The molecule has 1 saturated carbocycles. The summed E-state index contributed by atoms with van der Waals surface area (Å²) in [5.41, 5.74) is 3.05. The third-order valence-electron chi connectivity index (χ3n) is 5.77. The summed E-state index contributed by atoms with van der Waals surface area (Å²) < 4.78 is 7.05. The molecule has 150 valence electrons. The van der Waals surface area contributed by atoms with Crippen LogP contribution in [-0.4, -0.2) is 18.6 Å². The summed E-state index contributed by atoms with van der Waals surface area (Å²) in [5.74, 6) is 1.46. The summed E-state index contributed by atoms with van der Waals surface area (Å²) >= 11 is 3.51. The predicted molar refractivity (Wildman–Crippen MR) is 117 cm³/mol. The van der Waals surface area contributed by atoms with Crippen LogP contribution in [0, 0.1) is 24.7 Å². The molecule has 3 nitrogen and oxygen atoms in total. The lowest BCUT2D eigenvalue weighted by atomic mass is 9.75. The van der Waals surface area contributed by atoms with Gasteiger partial charge in [-0.15, -0.1) is 0 Å². The van der Waals surface area contributed by atoms with Crippen LogP contribution in [0.25, 0.3) is 0 Å². The molecule has 1 aliphatic rings. The molecule has 4 heteroatoms. The van der Waals surface area contributed by atoms with E-state index in [0.29, 0.717) is 17.8 Å². The number of carbonyl (C=O) groups is 1. The molecule has 0 spiro atoms. The summed E-state index contributed by atoms with van der Waals surface area (Å²) in [7, 11) is 0. The SMILES string of the molecule is C=C(CC)N(CC(=O)O[C@@H]1C[C@H](C)CC[C@H]1C(C)C)c1ccc(Br)cc1C. The molecule has 0 bridgehead atoms. The number of ether oxygens (including phenoxy) is 1. The Labute approximate surface area is 173 Å². The highest BCUT2D eigenvalue weighted by molar-refractivity contribution is 9.10. The molecule has 0 radical (unpaired) electrons. The maximum atomic E-state index is 12.9. The van der Waals surface area contributed by atoms with Gasteiger partial charge in [0.1, 0.15) is 12.6 Å². The van der Waals surface area contributed by atoms with Crippen molar-refractivity contribution in [3.8, 4) is 0 Å². The lowest BCUT2D eigenvalue weighted by molar-refractivity contribution is -0.154. The fourth-order valence-electron chi connectivity index (χ4n) is 4.07. The van der Waals surface area contributed by atoms with Crippen LogP contribution in [0.1, 0.15) is 58.9 Å². The predicted octanol–water partition coefficient (Wildman–Crippen LogP) is 6.49. The van der Waals surface area contributed by atoms with Crippen LogP contribution >= 0.6 is 15.9 Å². The molecular weight excluding hydrogens is 402 g/mol. The van der Waals surface area contributed by atoms with Gasteiger partial charge in [0, 0.05) is 15.9 Å². The molecule has 1 aromatic carbocycles. The number of nitrogens with zero attached hydrogens (tertiary/aromatic N) is 1. The number of carbonyl (C=O) groups excluding carboxylic acids is 1. The minimum absolute atomic E-state index is 0.0315. The summed E-state index contributed by atoms with van der Waals surface area (Å²) in [5, 5.41) is 0. The fraction of sp³-hybridized carbons (Fsp3) is 0.609. The van der Waals surface area contributed by atoms with Gasteiger partial charge in [-0.3, -0.25) is 4.79 Å². The first-order chi connectivity index (χ1) is 12.7. The minimum atomic E-state index is -0.156. The number of allylic oxidation sites excluding steroid dienone is 1. The Bertz CT molecular complexity index is 670. The highest BCUT2D eigenvalue weighted by Crippen LogP contribution is 2.35. The minimum Gasteiger partial charge on any atom is -0.461 e. The fourth-order valence-corrected chi connectivity index (χ4v) is 4.54. The van der Waals surface area contributed by atoms with Crippen LogP contribution in [0.3, 0.4) is 0 Å². The highest BCUT2D eigenvalue weighted by Gasteiger charge is 2.33. The van der Waals surface area contributed by atoms with E-state index in [1.165, 1.54) is 6.42 Å². The lowest BCUT2D eigenvalue weighted by Gasteiger charge is -2.37. The molecule has 3 atom stereocenters. The molecule has 1 aromatic rings. The van der Waals surface area contributed by atoms with E-state index in [9.17, 15) is 4.79 Å². The Hall–Kier alpha value is -1.29. The number of benzene rings is 1. The lowest BCUT2D eigenvalue weighted by Crippen LogP contribution is -2.39. The van der Waals surface area contributed by atoms with Gasteiger partial charge in [-0.25, -0.2) is 0 Å². The van der Waals surface area contributed by atoms with Gasteiger partial charge < -0.3 is 9.64 Å². The van der Waals surface area contributed by atoms with Crippen LogP contribution in [0.15, 0.2) is 34.9 Å². The summed E-state index contributed by atoms with van der Waals surface area (Å²) in [6, 6.07) is 6.10. The Morgan fingerprint density at radius 3 is 2.67 bits per heavy atom. The second-order valence-corrected chi connectivity index (χ2v) is 9.21. The second-order valence-electron chi connectivity index (χ2n) is 8.29. The van der Waals surface area contributed by atoms with Crippen molar-refractivity contribution in [1.29, 1.82) is 0 Å².